The SMILES string of the molecule is C[C@@H](O)[C@H]1C(=O)N2C(C(=O)NCC(=O)O)=C(S[C@@H]3CN[C@H](C(=O)Nc4cccc(C(=O)O)c4)C3)[C@H](C)[C@H]12. The number of aliphatic carboxylic acids is 1. The van der Waals surface area contributed by atoms with Crippen LogP contribution in [0, 0.1) is 11.8 Å². The highest BCUT2D eigenvalue weighted by Gasteiger charge is 2.60. The Morgan fingerprint density at radius 3 is 2.62 bits per heavy atom. The fourth-order valence-corrected chi connectivity index (χ4v) is 6.55. The summed E-state index contributed by atoms with van der Waals surface area (Å²) < 4.78 is 0. The maximum atomic E-state index is 12.9. The van der Waals surface area contributed by atoms with E-state index < -0.39 is 48.5 Å². The number of amides is 3. The molecule has 1 aromatic carbocycles. The number of aromatic carboxylic acids is 1. The molecule has 6 N–H and O–H groups in total. The number of hydrogen-bond donors (Lipinski definition) is 6. The Hall–Kier alpha value is -3.42. The minimum Gasteiger partial charge on any atom is -0.480 e. The van der Waals surface area contributed by atoms with E-state index in [0.717, 1.165) is 0 Å². The van der Waals surface area contributed by atoms with Crippen LogP contribution in [0.25, 0.3) is 0 Å². The van der Waals surface area contributed by atoms with Gasteiger partial charge in [-0.25, -0.2) is 4.79 Å². The number of anilines is 1. The Balaban J connectivity index is 1.47. The number of rotatable bonds is 9. The number of carboxylic acids is 2. The zero-order chi connectivity index (χ0) is 27.0. The number of nitrogens with zero attached hydrogens (tertiary/aromatic N) is 1. The summed E-state index contributed by atoms with van der Waals surface area (Å²) in [7, 11) is 0. The molecule has 3 aliphatic rings. The number of hydrogen-bond acceptors (Lipinski definition) is 8. The molecule has 0 aliphatic carbocycles. The average Bonchev–Trinajstić information content (AvgIpc) is 3.39. The van der Waals surface area contributed by atoms with Gasteiger partial charge in [-0.05, 0) is 31.5 Å². The zero-order valence-corrected chi connectivity index (χ0v) is 20.9. The van der Waals surface area contributed by atoms with Gasteiger partial charge in [0.2, 0.25) is 11.8 Å². The van der Waals surface area contributed by atoms with Crippen LogP contribution in [0.4, 0.5) is 5.69 Å². The molecule has 6 atom stereocenters. The summed E-state index contributed by atoms with van der Waals surface area (Å²) >= 11 is 1.37. The molecule has 0 saturated carbocycles. The molecule has 0 radical (unpaired) electrons. The predicted molar refractivity (Wildman–Crippen MR) is 132 cm³/mol. The van der Waals surface area contributed by atoms with Crippen LogP contribution in [0.3, 0.4) is 0 Å². The van der Waals surface area contributed by atoms with Crippen molar-refractivity contribution in [1.29, 1.82) is 0 Å². The molecule has 3 aliphatic heterocycles. The molecule has 37 heavy (non-hydrogen) atoms. The molecule has 198 valence electrons. The summed E-state index contributed by atoms with van der Waals surface area (Å²) in [6, 6.07) is 4.96. The van der Waals surface area contributed by atoms with Gasteiger partial charge in [-0.1, -0.05) is 13.0 Å². The lowest BCUT2D eigenvalue weighted by Crippen LogP contribution is -2.64. The lowest BCUT2D eigenvalue weighted by molar-refractivity contribution is -0.161. The highest BCUT2D eigenvalue weighted by Crippen LogP contribution is 2.51. The lowest BCUT2D eigenvalue weighted by Gasteiger charge is -2.46. The molecular weight excluding hydrogens is 504 g/mol. The molecule has 2 fully saturated rings. The van der Waals surface area contributed by atoms with Crippen molar-refractivity contribution in [2.45, 2.75) is 43.7 Å². The number of fused-ring (bicyclic) bond motifs is 1. The number of thioether (sulfide) groups is 1. The second-order valence-corrected chi connectivity index (χ2v) is 10.7. The number of benzene rings is 1. The maximum Gasteiger partial charge on any atom is 0.335 e. The van der Waals surface area contributed by atoms with E-state index in [1.54, 1.807) is 6.07 Å². The molecule has 13 heteroatoms. The van der Waals surface area contributed by atoms with Gasteiger partial charge in [-0.3, -0.25) is 19.2 Å². The van der Waals surface area contributed by atoms with Crippen molar-refractivity contribution >= 4 is 47.1 Å². The number of β-lactam (4-membered cyclic amide) rings is 1. The molecule has 0 bridgehead atoms. The van der Waals surface area contributed by atoms with Crippen molar-refractivity contribution in [3.63, 3.8) is 0 Å². The van der Waals surface area contributed by atoms with E-state index in [1.807, 2.05) is 6.92 Å². The van der Waals surface area contributed by atoms with E-state index in [1.165, 1.54) is 41.8 Å². The Kier molecular flexibility index (Phi) is 7.57. The second kappa shape index (κ2) is 10.5. The summed E-state index contributed by atoms with van der Waals surface area (Å²) in [5, 5.41) is 36.3. The standard InChI is InChI=1S/C24H28N4O8S/c1-10-18-17(11(2)29)23(34)28(18)19(22(33)26-9-16(30)31)20(10)37-14-7-15(25-8-14)21(32)27-13-5-3-4-12(6-13)24(35)36/h3-6,10-11,14-15,17-18,25,29H,7-9H2,1-2H3,(H,26,33)(H,27,32)(H,30,31)(H,35,36)/t10-,11-,14+,15+,17-,18-/m1/s1. The smallest absolute Gasteiger partial charge is 0.335 e. The molecule has 0 spiro atoms. The van der Waals surface area contributed by atoms with Gasteiger partial charge in [0.15, 0.2) is 0 Å². The Morgan fingerprint density at radius 2 is 1.97 bits per heavy atom. The quantitative estimate of drug-likeness (QED) is 0.238. The average molecular weight is 533 g/mol. The van der Waals surface area contributed by atoms with Gasteiger partial charge in [0.25, 0.3) is 5.91 Å². The summed E-state index contributed by atoms with van der Waals surface area (Å²) in [5.41, 5.74) is 0.513. The van der Waals surface area contributed by atoms with Crippen molar-refractivity contribution < 1.29 is 39.3 Å². The Labute approximate surface area is 216 Å². The van der Waals surface area contributed by atoms with E-state index in [9.17, 15) is 29.1 Å². The number of carboxylic acid groups (broad SMARTS) is 2. The third-order valence-corrected chi connectivity index (χ3v) is 8.31. The monoisotopic (exact) mass is 532 g/mol. The number of nitrogens with one attached hydrogen (secondary N) is 3. The minimum atomic E-state index is -1.22. The lowest BCUT2D eigenvalue weighted by atomic mass is 9.79. The first-order valence-electron chi connectivity index (χ1n) is 11.8. The van der Waals surface area contributed by atoms with Crippen LogP contribution >= 0.6 is 11.8 Å². The molecule has 3 amide bonds. The van der Waals surface area contributed by atoms with Crippen molar-refractivity contribution in [2.75, 3.05) is 18.4 Å². The van der Waals surface area contributed by atoms with Gasteiger partial charge in [-0.15, -0.1) is 11.8 Å². The topological polar surface area (TPSA) is 185 Å². The molecule has 2 saturated heterocycles. The minimum absolute atomic E-state index is 0.0520. The van der Waals surface area contributed by atoms with Gasteiger partial charge in [0, 0.05) is 28.3 Å². The largest absolute Gasteiger partial charge is 0.480 e. The third kappa shape index (κ3) is 5.20. The van der Waals surface area contributed by atoms with Crippen LogP contribution in [0.2, 0.25) is 0 Å². The van der Waals surface area contributed by atoms with Gasteiger partial charge in [-0.2, -0.15) is 0 Å². The summed E-state index contributed by atoms with van der Waals surface area (Å²) in [6.45, 7) is 3.23. The third-order valence-electron chi connectivity index (χ3n) is 6.80. The zero-order valence-electron chi connectivity index (χ0n) is 20.1. The first-order chi connectivity index (χ1) is 17.5. The van der Waals surface area contributed by atoms with Crippen LogP contribution < -0.4 is 16.0 Å². The molecule has 12 nitrogen and oxygen atoms in total. The number of carbonyl (C=O) groups is 5. The van der Waals surface area contributed by atoms with Crippen molar-refractivity contribution in [2.24, 2.45) is 11.8 Å². The molecule has 0 unspecified atom stereocenters. The summed E-state index contributed by atoms with van der Waals surface area (Å²) in [4.78, 5) is 62.6. The first kappa shape index (κ1) is 26.6. The van der Waals surface area contributed by atoms with Crippen LogP contribution in [0.1, 0.15) is 30.6 Å². The summed E-state index contributed by atoms with van der Waals surface area (Å²) in [5.74, 6) is -4.62. The van der Waals surface area contributed by atoms with E-state index in [2.05, 4.69) is 16.0 Å². The highest BCUT2D eigenvalue weighted by molar-refractivity contribution is 8.03. The predicted octanol–water partition coefficient (Wildman–Crippen LogP) is 0.0569. The van der Waals surface area contributed by atoms with Crippen molar-refractivity contribution in [3.05, 3.63) is 40.4 Å². The first-order valence-corrected chi connectivity index (χ1v) is 12.7. The van der Waals surface area contributed by atoms with Crippen molar-refractivity contribution in [1.82, 2.24) is 15.5 Å². The Bertz CT molecular complexity index is 1190. The van der Waals surface area contributed by atoms with Crippen LogP contribution in [0.5, 0.6) is 0 Å². The van der Waals surface area contributed by atoms with Crippen LogP contribution in [-0.4, -0.2) is 86.4 Å². The fraction of sp³-hybridized carbons (Fsp3) is 0.458. The van der Waals surface area contributed by atoms with Gasteiger partial charge < -0.3 is 36.2 Å². The normalized spacial score (nSPS) is 27.4. The van der Waals surface area contributed by atoms with E-state index in [0.29, 0.717) is 23.6 Å². The van der Waals surface area contributed by atoms with E-state index in [4.69, 9.17) is 10.2 Å². The Morgan fingerprint density at radius 1 is 1.24 bits per heavy atom. The number of aliphatic hydroxyl groups is 1. The van der Waals surface area contributed by atoms with Crippen LogP contribution in [0.15, 0.2) is 34.9 Å². The van der Waals surface area contributed by atoms with Gasteiger partial charge in [0.05, 0.1) is 29.7 Å². The van der Waals surface area contributed by atoms with E-state index in [-0.39, 0.29) is 34.2 Å². The van der Waals surface area contributed by atoms with Gasteiger partial charge in [0.1, 0.15) is 12.2 Å². The molecule has 0 aromatic heterocycles. The molecule has 4 rings (SSSR count). The van der Waals surface area contributed by atoms with Gasteiger partial charge >= 0.3 is 11.9 Å². The van der Waals surface area contributed by atoms with E-state index >= 15 is 0 Å². The fourth-order valence-electron chi connectivity index (χ4n) is 5.06. The number of carbonyl (C=O) groups excluding carboxylic acids is 3. The van der Waals surface area contributed by atoms with Crippen LogP contribution in [-0.2, 0) is 19.2 Å². The number of aliphatic hydroxyl groups excluding tert-OH is 1. The van der Waals surface area contributed by atoms with Crippen molar-refractivity contribution in [3.8, 4) is 0 Å². The molecule has 1 aromatic rings. The second-order valence-electron chi connectivity index (χ2n) is 9.35. The summed E-state index contributed by atoms with van der Waals surface area (Å²) in [6.07, 6.45) is -0.488. The molecule has 3 heterocycles. The highest BCUT2D eigenvalue weighted by atomic mass is 32.2. The molecular formula is C24H28N4O8S. The maximum absolute atomic E-state index is 12.9.